The van der Waals surface area contributed by atoms with Crippen LogP contribution in [0.25, 0.3) is 0 Å². The Balaban J connectivity index is 2.04. The lowest BCUT2D eigenvalue weighted by atomic mass is 10.2. The summed E-state index contributed by atoms with van der Waals surface area (Å²) in [5, 5.41) is 6.90. The minimum atomic E-state index is -4.48. The molecule has 108 valence electrons. The van der Waals surface area contributed by atoms with E-state index in [1.165, 1.54) is 0 Å². The van der Waals surface area contributed by atoms with Gasteiger partial charge in [-0.25, -0.2) is 4.98 Å². The predicted molar refractivity (Wildman–Crippen MR) is 69.1 cm³/mol. The van der Waals surface area contributed by atoms with Crippen LogP contribution in [0.15, 0.2) is 24.5 Å². The minimum Gasteiger partial charge on any atom is -0.396 e. The van der Waals surface area contributed by atoms with Gasteiger partial charge in [-0.15, -0.1) is 0 Å². The van der Waals surface area contributed by atoms with Crippen molar-refractivity contribution >= 4 is 11.4 Å². The number of aromatic nitrogens is 3. The molecule has 0 bridgehead atoms. The first kappa shape index (κ1) is 14.2. The Labute approximate surface area is 113 Å². The van der Waals surface area contributed by atoms with Gasteiger partial charge in [-0.1, -0.05) is 0 Å². The van der Waals surface area contributed by atoms with Crippen LogP contribution >= 0.6 is 0 Å². The van der Waals surface area contributed by atoms with Gasteiger partial charge in [0.05, 0.1) is 17.6 Å². The van der Waals surface area contributed by atoms with Gasteiger partial charge in [0, 0.05) is 31.9 Å². The molecule has 0 unspecified atom stereocenters. The molecule has 0 saturated heterocycles. The van der Waals surface area contributed by atoms with Gasteiger partial charge < -0.3 is 11.1 Å². The number of nitrogens with zero attached hydrogens (tertiary/aromatic N) is 3. The van der Waals surface area contributed by atoms with Gasteiger partial charge in [-0.3, -0.25) is 4.68 Å². The van der Waals surface area contributed by atoms with Crippen LogP contribution in [0.3, 0.4) is 0 Å². The third kappa shape index (κ3) is 3.19. The Hall–Kier alpha value is -2.25. The highest BCUT2D eigenvalue weighted by Crippen LogP contribution is 2.30. The van der Waals surface area contributed by atoms with E-state index in [2.05, 4.69) is 15.4 Å². The van der Waals surface area contributed by atoms with Gasteiger partial charge in [0.15, 0.2) is 0 Å². The summed E-state index contributed by atoms with van der Waals surface area (Å²) in [6.45, 7) is 0.449. The molecular weight excluding hydrogens is 271 g/mol. The second-order valence-electron chi connectivity index (χ2n) is 4.28. The molecule has 5 nitrogen and oxygen atoms in total. The monoisotopic (exact) mass is 285 g/mol. The quantitative estimate of drug-likeness (QED) is 0.902. The SMILES string of the molecule is Cn1nccc1CCNc1cc(C(F)(F)F)ncc1N. The van der Waals surface area contributed by atoms with E-state index < -0.39 is 11.9 Å². The third-order valence-corrected chi connectivity index (χ3v) is 2.84. The number of anilines is 2. The zero-order chi connectivity index (χ0) is 14.8. The molecule has 0 atom stereocenters. The maximum absolute atomic E-state index is 12.6. The number of halogens is 3. The number of hydrogen-bond acceptors (Lipinski definition) is 4. The molecule has 2 aromatic heterocycles. The molecule has 0 radical (unpaired) electrons. The summed E-state index contributed by atoms with van der Waals surface area (Å²) < 4.78 is 39.4. The zero-order valence-corrected chi connectivity index (χ0v) is 10.8. The summed E-state index contributed by atoms with van der Waals surface area (Å²) in [6.07, 6.45) is -1.18. The summed E-state index contributed by atoms with van der Waals surface area (Å²) in [6, 6.07) is 2.76. The average Bonchev–Trinajstić information content (AvgIpc) is 2.76. The Morgan fingerprint density at radius 2 is 2.15 bits per heavy atom. The van der Waals surface area contributed by atoms with Crippen LogP contribution in [-0.2, 0) is 19.6 Å². The van der Waals surface area contributed by atoms with E-state index in [-0.39, 0.29) is 11.4 Å². The second-order valence-corrected chi connectivity index (χ2v) is 4.28. The fourth-order valence-electron chi connectivity index (χ4n) is 1.75. The van der Waals surface area contributed by atoms with Crippen molar-refractivity contribution in [3.05, 3.63) is 35.9 Å². The number of pyridine rings is 1. The number of hydrogen-bond donors (Lipinski definition) is 2. The van der Waals surface area contributed by atoms with Gasteiger partial charge >= 0.3 is 6.18 Å². The van der Waals surface area contributed by atoms with Gasteiger partial charge in [0.25, 0.3) is 0 Å². The number of nitrogens with two attached hydrogens (primary N) is 1. The maximum atomic E-state index is 12.6. The topological polar surface area (TPSA) is 68.8 Å². The largest absolute Gasteiger partial charge is 0.433 e. The lowest BCUT2D eigenvalue weighted by Crippen LogP contribution is -2.13. The first-order valence-electron chi connectivity index (χ1n) is 5.91. The zero-order valence-electron chi connectivity index (χ0n) is 10.8. The fraction of sp³-hybridized carbons (Fsp3) is 0.333. The summed E-state index contributed by atoms with van der Waals surface area (Å²) in [5.74, 6) is 0. The van der Waals surface area contributed by atoms with Gasteiger partial charge in [0.2, 0.25) is 0 Å². The molecule has 0 spiro atoms. The molecule has 0 aromatic carbocycles. The van der Waals surface area contributed by atoms with E-state index in [0.29, 0.717) is 13.0 Å². The molecule has 20 heavy (non-hydrogen) atoms. The Bertz CT molecular complexity index is 591. The fourth-order valence-corrected chi connectivity index (χ4v) is 1.75. The van der Waals surface area contributed by atoms with E-state index in [0.717, 1.165) is 18.0 Å². The van der Waals surface area contributed by atoms with Crippen LogP contribution in [0.4, 0.5) is 24.5 Å². The van der Waals surface area contributed by atoms with E-state index in [1.54, 1.807) is 17.9 Å². The van der Waals surface area contributed by atoms with Crippen molar-refractivity contribution in [1.29, 1.82) is 0 Å². The van der Waals surface area contributed by atoms with E-state index >= 15 is 0 Å². The van der Waals surface area contributed by atoms with E-state index in [1.807, 2.05) is 6.07 Å². The van der Waals surface area contributed by atoms with Crippen LogP contribution in [0.1, 0.15) is 11.4 Å². The predicted octanol–water partition coefficient (Wildman–Crippen LogP) is 2.07. The van der Waals surface area contributed by atoms with Crippen molar-refractivity contribution < 1.29 is 13.2 Å². The number of aryl methyl sites for hydroxylation is 1. The molecular formula is C12H14F3N5. The number of nitrogens with one attached hydrogen (secondary N) is 1. The van der Waals surface area contributed by atoms with Crippen LogP contribution < -0.4 is 11.1 Å². The first-order valence-corrected chi connectivity index (χ1v) is 5.91. The number of nitrogen functional groups attached to an aromatic ring is 1. The second kappa shape index (κ2) is 5.40. The molecule has 2 aromatic rings. The lowest BCUT2D eigenvalue weighted by Gasteiger charge is -2.12. The third-order valence-electron chi connectivity index (χ3n) is 2.84. The molecule has 0 aliphatic heterocycles. The van der Waals surface area contributed by atoms with E-state index in [4.69, 9.17) is 5.73 Å². The molecule has 8 heteroatoms. The first-order chi connectivity index (χ1) is 9.38. The maximum Gasteiger partial charge on any atom is 0.433 e. The number of rotatable bonds is 4. The standard InChI is InChI=1S/C12H14F3N5/c1-20-8(3-5-19-20)2-4-17-10-6-11(12(13,14)15)18-7-9(10)16/h3,5-7H,2,4,16H2,1H3,(H,17,18). The molecule has 2 rings (SSSR count). The van der Waals surface area contributed by atoms with Crippen LogP contribution in [-0.4, -0.2) is 21.3 Å². The van der Waals surface area contributed by atoms with Crippen molar-refractivity contribution in [1.82, 2.24) is 14.8 Å². The van der Waals surface area contributed by atoms with Crippen LogP contribution in [0.2, 0.25) is 0 Å². The average molecular weight is 285 g/mol. The lowest BCUT2D eigenvalue weighted by molar-refractivity contribution is -0.141. The Kier molecular flexibility index (Phi) is 3.82. The Morgan fingerprint density at radius 3 is 2.75 bits per heavy atom. The molecule has 2 heterocycles. The smallest absolute Gasteiger partial charge is 0.396 e. The molecule has 0 saturated carbocycles. The number of alkyl halides is 3. The summed E-state index contributed by atoms with van der Waals surface area (Å²) in [5.41, 5.74) is 6.04. The summed E-state index contributed by atoms with van der Waals surface area (Å²) >= 11 is 0. The van der Waals surface area contributed by atoms with Crippen LogP contribution in [0, 0.1) is 0 Å². The van der Waals surface area contributed by atoms with Crippen LogP contribution in [0.5, 0.6) is 0 Å². The highest BCUT2D eigenvalue weighted by Gasteiger charge is 2.32. The minimum absolute atomic E-state index is 0.183. The molecule has 0 amide bonds. The van der Waals surface area contributed by atoms with Crippen molar-refractivity contribution in [2.75, 3.05) is 17.6 Å². The van der Waals surface area contributed by atoms with E-state index in [9.17, 15) is 13.2 Å². The molecule has 0 fully saturated rings. The van der Waals surface area contributed by atoms with Gasteiger partial charge in [0.1, 0.15) is 5.69 Å². The highest BCUT2D eigenvalue weighted by atomic mass is 19.4. The molecule has 0 aliphatic rings. The normalized spacial score (nSPS) is 11.6. The van der Waals surface area contributed by atoms with Gasteiger partial charge in [-0.05, 0) is 12.1 Å². The highest BCUT2D eigenvalue weighted by molar-refractivity contribution is 5.65. The van der Waals surface area contributed by atoms with Crippen molar-refractivity contribution in [2.24, 2.45) is 7.05 Å². The Morgan fingerprint density at radius 1 is 1.40 bits per heavy atom. The summed E-state index contributed by atoms with van der Waals surface area (Å²) in [7, 11) is 1.80. The van der Waals surface area contributed by atoms with Gasteiger partial charge in [-0.2, -0.15) is 18.3 Å². The summed E-state index contributed by atoms with van der Waals surface area (Å²) in [4.78, 5) is 3.28. The van der Waals surface area contributed by atoms with Crippen molar-refractivity contribution in [3.8, 4) is 0 Å². The molecule has 0 aliphatic carbocycles. The van der Waals surface area contributed by atoms with Crippen molar-refractivity contribution in [3.63, 3.8) is 0 Å². The van der Waals surface area contributed by atoms with Crippen molar-refractivity contribution in [2.45, 2.75) is 12.6 Å². The molecule has 3 N–H and O–H groups in total.